The number of hydrogen-bond acceptors (Lipinski definition) is 7. The van der Waals surface area contributed by atoms with Crippen LogP contribution < -0.4 is 16.6 Å². The lowest BCUT2D eigenvalue weighted by Gasteiger charge is -2.23. The summed E-state index contributed by atoms with van der Waals surface area (Å²) in [7, 11) is 0. The number of aryl methyl sites for hydroxylation is 1. The number of rotatable bonds is 7. The summed E-state index contributed by atoms with van der Waals surface area (Å²) >= 11 is 0. The lowest BCUT2D eigenvalue weighted by atomic mass is 9.99. The molecule has 0 unspecified atom stereocenters. The van der Waals surface area contributed by atoms with Gasteiger partial charge in [-0.1, -0.05) is 37.3 Å². The number of fused-ring (bicyclic) bond motifs is 1. The van der Waals surface area contributed by atoms with E-state index in [0.29, 0.717) is 11.1 Å². The van der Waals surface area contributed by atoms with Gasteiger partial charge in [0.1, 0.15) is 29.5 Å². The van der Waals surface area contributed by atoms with Crippen molar-refractivity contribution < 1.29 is 9.50 Å². The van der Waals surface area contributed by atoms with E-state index in [2.05, 4.69) is 34.4 Å². The Morgan fingerprint density at radius 2 is 1.97 bits per heavy atom. The Hall–Kier alpha value is -4.79. The Kier molecular flexibility index (Phi) is 6.98. The smallest absolute Gasteiger partial charge is 0.263 e. The standard InChI is InChI=1S/C30H29FN6O2/c1-3-18-8-4-5-10-24(18)37-22(12-19-9-6-7-17(2)25(19)30(37)39)15-34-29-26(28(33)35-16-36-29)27(32)20-11-21(31)14-23(38)13-20/h6-14,16,32,38H,3-5,15H2,1-2H3,(H3,33,34,35,36). The molecular formula is C30H29FN6O2. The Bertz CT molecular complexity index is 1720. The van der Waals surface area contributed by atoms with E-state index in [1.807, 2.05) is 31.2 Å². The van der Waals surface area contributed by atoms with Crippen molar-refractivity contribution in [3.8, 4) is 5.75 Å². The molecule has 2 aromatic heterocycles. The van der Waals surface area contributed by atoms with Gasteiger partial charge < -0.3 is 16.2 Å². The molecule has 198 valence electrons. The number of benzene rings is 2. The quantitative estimate of drug-likeness (QED) is 0.235. The van der Waals surface area contributed by atoms with Crippen molar-refractivity contribution in [3.05, 3.63) is 105 Å². The number of nitrogens with zero attached hydrogens (tertiary/aromatic N) is 3. The summed E-state index contributed by atoms with van der Waals surface area (Å²) in [5.41, 5.74) is 9.79. The molecule has 0 bridgehead atoms. The minimum Gasteiger partial charge on any atom is -0.508 e. The predicted octanol–water partition coefficient (Wildman–Crippen LogP) is 5.53. The Morgan fingerprint density at radius 1 is 1.18 bits per heavy atom. The molecule has 9 heteroatoms. The molecule has 0 fully saturated rings. The second kappa shape index (κ2) is 10.5. The van der Waals surface area contributed by atoms with Crippen LogP contribution in [-0.4, -0.2) is 25.4 Å². The summed E-state index contributed by atoms with van der Waals surface area (Å²) < 4.78 is 15.7. The van der Waals surface area contributed by atoms with E-state index < -0.39 is 5.82 Å². The molecule has 2 aromatic carbocycles. The van der Waals surface area contributed by atoms with Crippen molar-refractivity contribution in [2.45, 2.75) is 39.7 Å². The molecule has 0 radical (unpaired) electrons. The van der Waals surface area contributed by atoms with E-state index in [0.717, 1.165) is 53.6 Å². The molecule has 4 aromatic rings. The number of pyridine rings is 1. The van der Waals surface area contributed by atoms with Gasteiger partial charge in [0.15, 0.2) is 0 Å². The molecule has 1 aliphatic rings. The Morgan fingerprint density at radius 3 is 2.74 bits per heavy atom. The largest absolute Gasteiger partial charge is 0.508 e. The first kappa shape index (κ1) is 25.8. The summed E-state index contributed by atoms with van der Waals surface area (Å²) in [4.78, 5) is 22.3. The first-order valence-electron chi connectivity index (χ1n) is 12.8. The van der Waals surface area contributed by atoms with Gasteiger partial charge in [0.2, 0.25) is 0 Å². The fourth-order valence-corrected chi connectivity index (χ4v) is 5.07. The Labute approximate surface area is 224 Å². The third-order valence-electron chi connectivity index (χ3n) is 6.91. The first-order chi connectivity index (χ1) is 18.8. The SMILES string of the molecule is CCC1=CCCC=C1n1c(CNc2ncnc(N)c2C(=N)c2cc(O)cc(F)c2)cc2cccc(C)c2c1=O. The summed E-state index contributed by atoms with van der Waals surface area (Å²) in [6, 6.07) is 11.1. The second-order valence-corrected chi connectivity index (χ2v) is 9.47. The van der Waals surface area contributed by atoms with Gasteiger partial charge in [-0.15, -0.1) is 0 Å². The van der Waals surface area contributed by atoms with Crippen LogP contribution in [0.25, 0.3) is 16.5 Å². The Balaban J connectivity index is 1.60. The zero-order valence-corrected chi connectivity index (χ0v) is 21.8. The van der Waals surface area contributed by atoms with Crippen LogP contribution in [0, 0.1) is 18.2 Å². The van der Waals surface area contributed by atoms with Crippen LogP contribution in [-0.2, 0) is 6.54 Å². The van der Waals surface area contributed by atoms with Gasteiger partial charge >= 0.3 is 0 Å². The van der Waals surface area contributed by atoms with Crippen LogP contribution >= 0.6 is 0 Å². The maximum atomic E-state index is 14.0. The average molecular weight is 525 g/mol. The number of hydrogen-bond donors (Lipinski definition) is 4. The van der Waals surface area contributed by atoms with Gasteiger partial charge in [-0.3, -0.25) is 14.8 Å². The molecule has 2 heterocycles. The van der Waals surface area contributed by atoms with E-state index in [-0.39, 0.29) is 46.3 Å². The van der Waals surface area contributed by atoms with Crippen LogP contribution in [0.5, 0.6) is 5.75 Å². The minimum absolute atomic E-state index is 0.0268. The topological polar surface area (TPSA) is 130 Å². The van der Waals surface area contributed by atoms with E-state index in [4.69, 9.17) is 11.1 Å². The number of aromatic nitrogens is 3. The number of phenols is 1. The van der Waals surface area contributed by atoms with Crippen molar-refractivity contribution in [2.75, 3.05) is 11.1 Å². The van der Waals surface area contributed by atoms with Gasteiger partial charge in [0.25, 0.3) is 5.56 Å². The van der Waals surface area contributed by atoms with Gasteiger partial charge in [0, 0.05) is 23.0 Å². The van der Waals surface area contributed by atoms with E-state index in [1.54, 1.807) is 4.57 Å². The number of halogens is 1. The molecule has 39 heavy (non-hydrogen) atoms. The number of aromatic hydroxyl groups is 1. The molecule has 0 saturated carbocycles. The lowest BCUT2D eigenvalue weighted by molar-refractivity contribution is 0.469. The van der Waals surface area contributed by atoms with Crippen LogP contribution in [0.1, 0.15) is 48.6 Å². The van der Waals surface area contributed by atoms with Gasteiger partial charge in [0.05, 0.1) is 23.2 Å². The molecule has 0 aliphatic heterocycles. The fraction of sp³-hybridized carbons (Fsp3) is 0.200. The number of allylic oxidation sites excluding steroid dienone is 4. The van der Waals surface area contributed by atoms with Crippen LogP contribution in [0.4, 0.5) is 16.0 Å². The third-order valence-corrected chi connectivity index (χ3v) is 6.91. The van der Waals surface area contributed by atoms with Crippen LogP contribution in [0.2, 0.25) is 0 Å². The number of nitrogens with one attached hydrogen (secondary N) is 2. The number of nitrogens with two attached hydrogens (primary N) is 1. The molecule has 8 nitrogen and oxygen atoms in total. The van der Waals surface area contributed by atoms with Crippen molar-refractivity contribution in [1.29, 1.82) is 5.41 Å². The van der Waals surface area contributed by atoms with Gasteiger partial charge in [-0.25, -0.2) is 14.4 Å². The second-order valence-electron chi connectivity index (χ2n) is 9.47. The monoisotopic (exact) mass is 524 g/mol. The fourth-order valence-electron chi connectivity index (χ4n) is 5.07. The molecule has 5 rings (SSSR count). The molecule has 0 amide bonds. The van der Waals surface area contributed by atoms with Gasteiger partial charge in [-0.05, 0) is 60.9 Å². The zero-order chi connectivity index (χ0) is 27.7. The number of phenolic OH excluding ortho intramolecular Hbond substituents is 1. The third kappa shape index (κ3) is 4.90. The van der Waals surface area contributed by atoms with E-state index >= 15 is 0 Å². The van der Waals surface area contributed by atoms with Crippen molar-refractivity contribution in [3.63, 3.8) is 0 Å². The highest BCUT2D eigenvalue weighted by Crippen LogP contribution is 2.29. The van der Waals surface area contributed by atoms with Crippen molar-refractivity contribution in [1.82, 2.24) is 14.5 Å². The van der Waals surface area contributed by atoms with Crippen LogP contribution in [0.3, 0.4) is 0 Å². The first-order valence-corrected chi connectivity index (χ1v) is 12.8. The normalized spacial score (nSPS) is 13.2. The summed E-state index contributed by atoms with van der Waals surface area (Å²) in [5, 5.41) is 23.3. The highest BCUT2D eigenvalue weighted by Gasteiger charge is 2.21. The molecule has 0 saturated heterocycles. The highest BCUT2D eigenvalue weighted by molar-refractivity contribution is 6.16. The van der Waals surface area contributed by atoms with Crippen molar-refractivity contribution in [2.24, 2.45) is 0 Å². The summed E-state index contributed by atoms with van der Waals surface area (Å²) in [6.45, 7) is 4.20. The summed E-state index contributed by atoms with van der Waals surface area (Å²) in [6.07, 6.45) is 8.13. The van der Waals surface area contributed by atoms with Crippen LogP contribution in [0.15, 0.2) is 71.3 Å². The lowest BCUT2D eigenvalue weighted by Crippen LogP contribution is -2.26. The maximum absolute atomic E-state index is 14.0. The number of anilines is 2. The molecule has 0 atom stereocenters. The van der Waals surface area contributed by atoms with Crippen molar-refractivity contribution >= 4 is 33.8 Å². The van der Waals surface area contributed by atoms with Gasteiger partial charge in [-0.2, -0.15) is 0 Å². The minimum atomic E-state index is -0.685. The predicted molar refractivity (Wildman–Crippen MR) is 153 cm³/mol. The molecule has 1 aliphatic carbocycles. The average Bonchev–Trinajstić information content (AvgIpc) is 2.91. The summed E-state index contributed by atoms with van der Waals surface area (Å²) in [5.74, 6) is -0.714. The maximum Gasteiger partial charge on any atom is 0.263 e. The number of nitrogen functional groups attached to an aromatic ring is 1. The molecule has 5 N–H and O–H groups in total. The zero-order valence-electron chi connectivity index (χ0n) is 21.8. The highest BCUT2D eigenvalue weighted by atomic mass is 19.1. The molecular weight excluding hydrogens is 495 g/mol. The molecule has 0 spiro atoms. The van der Waals surface area contributed by atoms with E-state index in [1.165, 1.54) is 12.4 Å². The van der Waals surface area contributed by atoms with E-state index in [9.17, 15) is 14.3 Å².